The van der Waals surface area contributed by atoms with Crippen molar-refractivity contribution in [3.63, 3.8) is 0 Å². The lowest BCUT2D eigenvalue weighted by atomic mass is 10.2. The van der Waals surface area contributed by atoms with Gasteiger partial charge in [-0.1, -0.05) is 11.8 Å². The minimum atomic E-state index is -2.45. The van der Waals surface area contributed by atoms with Crippen molar-refractivity contribution in [3.8, 4) is 0 Å². The fraction of sp³-hybridized carbons (Fsp3) is 0.0714. The average Bonchev–Trinajstić information content (AvgIpc) is 2.43. The van der Waals surface area contributed by atoms with Crippen molar-refractivity contribution in [2.75, 3.05) is 5.32 Å². The number of thioether (sulfide) groups is 1. The molecule has 2 nitrogen and oxygen atoms in total. The number of halogens is 4. The first-order valence-electron chi connectivity index (χ1n) is 5.77. The van der Waals surface area contributed by atoms with Crippen LogP contribution in [0.25, 0.3) is 0 Å². The Hall–Kier alpha value is -0.670. The highest BCUT2D eigenvalue weighted by molar-refractivity contribution is 14.1. The predicted molar refractivity (Wildman–Crippen MR) is 93.1 cm³/mol. The summed E-state index contributed by atoms with van der Waals surface area (Å²) in [5, 5.41) is 2.74. The van der Waals surface area contributed by atoms with Crippen LogP contribution in [0.2, 0.25) is 0 Å². The highest BCUT2D eigenvalue weighted by atomic mass is 127. The minimum absolute atomic E-state index is 0.255. The second kappa shape index (κ2) is 7.55. The molecule has 0 aliphatic rings. The number of anilines is 1. The summed E-state index contributed by atoms with van der Waals surface area (Å²) in [5.74, 6) is -2.71. The Morgan fingerprint density at radius 1 is 1.19 bits per heavy atom. The van der Waals surface area contributed by atoms with Gasteiger partial charge in [-0.25, -0.2) is 0 Å². The highest BCUT2D eigenvalue weighted by Gasteiger charge is 2.11. The SMILES string of the molecule is O=C(Nc1ccc(SC(F)F)cc1)c1cc(I)ccc1Br. The average molecular weight is 484 g/mol. The van der Waals surface area contributed by atoms with Gasteiger partial charge in [0.05, 0.1) is 5.56 Å². The zero-order chi connectivity index (χ0) is 15.4. The number of rotatable bonds is 4. The summed E-state index contributed by atoms with van der Waals surface area (Å²) < 4.78 is 26.1. The van der Waals surface area contributed by atoms with Crippen LogP contribution in [0.4, 0.5) is 14.5 Å². The summed E-state index contributed by atoms with van der Waals surface area (Å²) in [6.45, 7) is 0. The minimum Gasteiger partial charge on any atom is -0.322 e. The molecule has 0 saturated heterocycles. The standard InChI is InChI=1S/C14H9BrF2INOS/c15-12-6-1-8(18)7-11(12)13(20)19-9-2-4-10(5-3-9)21-14(16)17/h1-7,14H,(H,19,20). The van der Waals surface area contributed by atoms with E-state index in [-0.39, 0.29) is 5.91 Å². The van der Waals surface area contributed by atoms with E-state index in [1.165, 1.54) is 0 Å². The first kappa shape index (κ1) is 16.7. The Morgan fingerprint density at radius 3 is 2.48 bits per heavy atom. The Bertz CT molecular complexity index is 652. The summed E-state index contributed by atoms with van der Waals surface area (Å²) in [6.07, 6.45) is 0. The molecule has 1 amide bonds. The molecule has 1 N–H and O–H groups in total. The van der Waals surface area contributed by atoms with Crippen molar-refractivity contribution in [1.82, 2.24) is 0 Å². The Balaban J connectivity index is 2.10. The Labute approximate surface area is 147 Å². The van der Waals surface area contributed by atoms with Crippen LogP contribution in [0, 0.1) is 3.57 Å². The second-order valence-electron chi connectivity index (χ2n) is 3.98. The lowest BCUT2D eigenvalue weighted by Crippen LogP contribution is -2.12. The summed E-state index contributed by atoms with van der Waals surface area (Å²) in [5.41, 5.74) is 1.08. The molecule has 0 heterocycles. The van der Waals surface area contributed by atoms with Crippen LogP contribution in [0.5, 0.6) is 0 Å². The monoisotopic (exact) mass is 483 g/mol. The van der Waals surface area contributed by atoms with Crippen molar-refractivity contribution in [2.24, 2.45) is 0 Å². The molecule has 21 heavy (non-hydrogen) atoms. The molecule has 0 aromatic heterocycles. The number of alkyl halides is 2. The van der Waals surface area contributed by atoms with E-state index in [4.69, 9.17) is 0 Å². The van der Waals surface area contributed by atoms with Crippen LogP contribution < -0.4 is 5.32 Å². The number of carbonyl (C=O) groups is 1. The van der Waals surface area contributed by atoms with Crippen LogP contribution in [-0.2, 0) is 0 Å². The lowest BCUT2D eigenvalue weighted by Gasteiger charge is -2.08. The number of amides is 1. The van der Waals surface area contributed by atoms with E-state index in [1.807, 2.05) is 6.07 Å². The molecule has 7 heteroatoms. The third kappa shape index (κ3) is 4.93. The number of hydrogen-bond acceptors (Lipinski definition) is 2. The number of benzene rings is 2. The molecule has 0 atom stereocenters. The third-order valence-corrected chi connectivity index (χ3v) is 4.60. The maximum absolute atomic E-state index is 12.2. The molecule has 0 radical (unpaired) electrons. The molecule has 0 fully saturated rings. The molecule has 0 bridgehead atoms. The van der Waals surface area contributed by atoms with Gasteiger partial charge in [-0.3, -0.25) is 4.79 Å². The quantitative estimate of drug-likeness (QED) is 0.451. The van der Waals surface area contributed by atoms with E-state index in [0.717, 1.165) is 3.57 Å². The van der Waals surface area contributed by atoms with E-state index in [2.05, 4.69) is 43.8 Å². The van der Waals surface area contributed by atoms with Gasteiger partial charge in [0.25, 0.3) is 11.7 Å². The molecule has 0 aliphatic heterocycles. The Kier molecular flexibility index (Phi) is 6.00. The molecule has 2 rings (SSSR count). The van der Waals surface area contributed by atoms with Crippen molar-refractivity contribution in [3.05, 3.63) is 56.1 Å². The first-order valence-corrected chi connectivity index (χ1v) is 8.52. The smallest absolute Gasteiger partial charge is 0.288 e. The van der Waals surface area contributed by atoms with E-state index in [0.29, 0.717) is 32.4 Å². The molecule has 2 aromatic carbocycles. The highest BCUT2D eigenvalue weighted by Crippen LogP contribution is 2.26. The molecule has 0 unspecified atom stereocenters. The normalized spacial score (nSPS) is 10.7. The van der Waals surface area contributed by atoms with Gasteiger partial charge in [0.1, 0.15) is 0 Å². The van der Waals surface area contributed by atoms with Crippen LogP contribution in [0.15, 0.2) is 51.8 Å². The molecule has 0 spiro atoms. The van der Waals surface area contributed by atoms with Gasteiger partial charge in [0, 0.05) is 18.6 Å². The lowest BCUT2D eigenvalue weighted by molar-refractivity contribution is 0.102. The van der Waals surface area contributed by atoms with Crippen LogP contribution in [0.3, 0.4) is 0 Å². The molecule has 2 aromatic rings. The van der Waals surface area contributed by atoms with Gasteiger partial charge in [-0.05, 0) is 81.0 Å². The van der Waals surface area contributed by atoms with Gasteiger partial charge < -0.3 is 5.32 Å². The van der Waals surface area contributed by atoms with Gasteiger partial charge >= 0.3 is 0 Å². The first-order chi connectivity index (χ1) is 9.95. The maximum Gasteiger partial charge on any atom is 0.288 e. The predicted octanol–water partition coefficient (Wildman–Crippen LogP) is 5.62. The van der Waals surface area contributed by atoms with Crippen LogP contribution >= 0.6 is 50.3 Å². The van der Waals surface area contributed by atoms with Gasteiger partial charge in [-0.15, -0.1) is 0 Å². The van der Waals surface area contributed by atoms with Crippen molar-refractivity contribution in [2.45, 2.75) is 10.7 Å². The largest absolute Gasteiger partial charge is 0.322 e. The fourth-order valence-electron chi connectivity index (χ4n) is 1.59. The van der Waals surface area contributed by atoms with Gasteiger partial charge in [0.15, 0.2) is 0 Å². The van der Waals surface area contributed by atoms with Crippen molar-refractivity contribution in [1.29, 1.82) is 0 Å². The van der Waals surface area contributed by atoms with E-state index in [9.17, 15) is 13.6 Å². The molecule has 0 aliphatic carbocycles. The van der Waals surface area contributed by atoms with Crippen molar-refractivity contribution < 1.29 is 13.6 Å². The van der Waals surface area contributed by atoms with Gasteiger partial charge in [0.2, 0.25) is 0 Å². The summed E-state index contributed by atoms with van der Waals surface area (Å²) >= 11 is 5.93. The van der Waals surface area contributed by atoms with Crippen molar-refractivity contribution >= 4 is 61.9 Å². The molecular weight excluding hydrogens is 475 g/mol. The summed E-state index contributed by atoms with van der Waals surface area (Å²) in [6, 6.07) is 11.8. The van der Waals surface area contributed by atoms with E-state index >= 15 is 0 Å². The molecule has 0 saturated carbocycles. The van der Waals surface area contributed by atoms with E-state index < -0.39 is 5.76 Å². The number of carbonyl (C=O) groups excluding carboxylic acids is 1. The van der Waals surface area contributed by atoms with Gasteiger partial charge in [-0.2, -0.15) is 8.78 Å². The Morgan fingerprint density at radius 2 is 1.86 bits per heavy atom. The number of nitrogens with one attached hydrogen (secondary N) is 1. The second-order valence-corrected chi connectivity index (χ2v) is 7.14. The van der Waals surface area contributed by atoms with Crippen LogP contribution in [0.1, 0.15) is 10.4 Å². The zero-order valence-electron chi connectivity index (χ0n) is 10.4. The van der Waals surface area contributed by atoms with Crippen LogP contribution in [-0.4, -0.2) is 11.7 Å². The fourth-order valence-corrected chi connectivity index (χ4v) is 3.01. The maximum atomic E-state index is 12.2. The van der Waals surface area contributed by atoms with E-state index in [1.54, 1.807) is 36.4 Å². The molecule has 110 valence electrons. The summed E-state index contributed by atoms with van der Waals surface area (Å²) in [7, 11) is 0. The number of hydrogen-bond donors (Lipinski definition) is 1. The molecular formula is C14H9BrF2INOS. The third-order valence-electron chi connectivity index (χ3n) is 2.51. The zero-order valence-corrected chi connectivity index (χ0v) is 15.0. The topological polar surface area (TPSA) is 29.1 Å². The summed E-state index contributed by atoms with van der Waals surface area (Å²) in [4.78, 5) is 12.6.